The third kappa shape index (κ3) is 2.90. The molecular formula is C12H16ClN3OS. The molecule has 0 spiro atoms. The number of thioether (sulfide) groups is 1. The van der Waals surface area contributed by atoms with Crippen molar-refractivity contribution in [1.82, 2.24) is 9.88 Å². The second-order valence-corrected chi connectivity index (χ2v) is 5.86. The number of hydrogen-bond donors (Lipinski definition) is 1. The molecule has 18 heavy (non-hydrogen) atoms. The molecule has 1 aliphatic rings. The highest BCUT2D eigenvalue weighted by Gasteiger charge is 2.24. The fourth-order valence-electron chi connectivity index (χ4n) is 2.08. The Balaban J connectivity index is 2.10. The van der Waals surface area contributed by atoms with Gasteiger partial charge in [0.05, 0.1) is 10.6 Å². The first-order chi connectivity index (χ1) is 8.61. The number of rotatable bonds is 2. The highest BCUT2D eigenvalue weighted by Crippen LogP contribution is 2.24. The Hall–Kier alpha value is -0.940. The van der Waals surface area contributed by atoms with Crippen molar-refractivity contribution in [2.24, 2.45) is 0 Å². The summed E-state index contributed by atoms with van der Waals surface area (Å²) in [6, 6.07) is 1.55. The van der Waals surface area contributed by atoms with Crippen LogP contribution in [-0.2, 0) is 0 Å². The van der Waals surface area contributed by atoms with Crippen LogP contribution in [0.2, 0.25) is 5.02 Å². The van der Waals surface area contributed by atoms with Crippen molar-refractivity contribution in [3.05, 3.63) is 22.8 Å². The SMILES string of the molecule is CSC1CCN(C(=O)c2cc(N)ncc2Cl)CC1. The number of halogens is 1. The molecule has 1 aromatic heterocycles. The van der Waals surface area contributed by atoms with E-state index in [0.29, 0.717) is 21.7 Å². The second-order valence-electron chi connectivity index (χ2n) is 4.32. The van der Waals surface area contributed by atoms with Gasteiger partial charge in [-0.3, -0.25) is 4.79 Å². The van der Waals surface area contributed by atoms with Gasteiger partial charge in [0.2, 0.25) is 0 Å². The summed E-state index contributed by atoms with van der Waals surface area (Å²) in [5.74, 6) is 0.274. The van der Waals surface area contributed by atoms with Crippen LogP contribution in [0.15, 0.2) is 12.3 Å². The summed E-state index contributed by atoms with van der Waals surface area (Å²) < 4.78 is 0. The number of nitrogens with zero attached hydrogens (tertiary/aromatic N) is 2. The molecule has 1 saturated heterocycles. The molecule has 0 bridgehead atoms. The third-order valence-electron chi connectivity index (χ3n) is 3.17. The summed E-state index contributed by atoms with van der Waals surface area (Å²) in [6.45, 7) is 1.56. The first-order valence-electron chi connectivity index (χ1n) is 5.85. The van der Waals surface area contributed by atoms with Gasteiger partial charge in [0.15, 0.2) is 0 Å². The second kappa shape index (κ2) is 5.80. The monoisotopic (exact) mass is 285 g/mol. The molecule has 1 fully saturated rings. The number of anilines is 1. The Morgan fingerprint density at radius 1 is 1.56 bits per heavy atom. The molecule has 0 radical (unpaired) electrons. The van der Waals surface area contributed by atoms with E-state index in [0.717, 1.165) is 25.9 Å². The molecule has 0 saturated carbocycles. The first kappa shape index (κ1) is 13.5. The lowest BCUT2D eigenvalue weighted by molar-refractivity contribution is 0.0727. The average Bonchev–Trinajstić information content (AvgIpc) is 2.41. The number of aromatic nitrogens is 1. The Morgan fingerprint density at radius 3 is 2.83 bits per heavy atom. The largest absolute Gasteiger partial charge is 0.384 e. The van der Waals surface area contributed by atoms with E-state index in [1.54, 1.807) is 6.07 Å². The molecule has 1 amide bonds. The number of carbonyl (C=O) groups is 1. The Bertz CT molecular complexity index is 447. The highest BCUT2D eigenvalue weighted by atomic mass is 35.5. The van der Waals surface area contributed by atoms with Crippen molar-refractivity contribution in [3.63, 3.8) is 0 Å². The van der Waals surface area contributed by atoms with Crippen LogP contribution in [0.3, 0.4) is 0 Å². The average molecular weight is 286 g/mol. The van der Waals surface area contributed by atoms with E-state index in [1.165, 1.54) is 6.20 Å². The van der Waals surface area contributed by atoms with Gasteiger partial charge in [-0.05, 0) is 25.2 Å². The molecule has 2 heterocycles. The summed E-state index contributed by atoms with van der Waals surface area (Å²) >= 11 is 7.86. The predicted octanol–water partition coefficient (Wildman–Crippen LogP) is 2.28. The van der Waals surface area contributed by atoms with Crippen LogP contribution in [0.1, 0.15) is 23.2 Å². The van der Waals surface area contributed by atoms with Crippen molar-refractivity contribution in [3.8, 4) is 0 Å². The summed E-state index contributed by atoms with van der Waals surface area (Å²) in [4.78, 5) is 18.0. The van der Waals surface area contributed by atoms with E-state index in [4.69, 9.17) is 17.3 Å². The maximum Gasteiger partial charge on any atom is 0.255 e. The van der Waals surface area contributed by atoms with Crippen molar-refractivity contribution in [2.45, 2.75) is 18.1 Å². The first-order valence-corrected chi connectivity index (χ1v) is 7.51. The van der Waals surface area contributed by atoms with Crippen molar-refractivity contribution >= 4 is 35.1 Å². The van der Waals surface area contributed by atoms with Crippen LogP contribution in [0.5, 0.6) is 0 Å². The molecule has 2 rings (SSSR count). The molecule has 0 aliphatic carbocycles. The molecule has 98 valence electrons. The normalized spacial score (nSPS) is 16.9. The number of hydrogen-bond acceptors (Lipinski definition) is 4. The van der Waals surface area contributed by atoms with E-state index in [9.17, 15) is 4.79 Å². The van der Waals surface area contributed by atoms with Crippen LogP contribution < -0.4 is 5.73 Å². The quantitative estimate of drug-likeness (QED) is 0.906. The topological polar surface area (TPSA) is 59.2 Å². The lowest BCUT2D eigenvalue weighted by Gasteiger charge is -2.31. The zero-order valence-electron chi connectivity index (χ0n) is 10.2. The Kier molecular flexibility index (Phi) is 4.35. The highest BCUT2D eigenvalue weighted by molar-refractivity contribution is 7.99. The minimum absolute atomic E-state index is 0.0475. The Labute approximate surface area is 116 Å². The smallest absolute Gasteiger partial charge is 0.255 e. The lowest BCUT2D eigenvalue weighted by atomic mass is 10.1. The lowest BCUT2D eigenvalue weighted by Crippen LogP contribution is -2.39. The van der Waals surface area contributed by atoms with Gasteiger partial charge >= 0.3 is 0 Å². The molecule has 2 N–H and O–H groups in total. The van der Waals surface area contributed by atoms with Gasteiger partial charge < -0.3 is 10.6 Å². The van der Waals surface area contributed by atoms with E-state index < -0.39 is 0 Å². The predicted molar refractivity (Wildman–Crippen MR) is 76.1 cm³/mol. The van der Waals surface area contributed by atoms with E-state index >= 15 is 0 Å². The van der Waals surface area contributed by atoms with Crippen molar-refractivity contribution in [2.75, 3.05) is 25.1 Å². The van der Waals surface area contributed by atoms with Crippen LogP contribution >= 0.6 is 23.4 Å². The minimum Gasteiger partial charge on any atom is -0.384 e. The van der Waals surface area contributed by atoms with E-state index in [-0.39, 0.29) is 5.91 Å². The van der Waals surface area contributed by atoms with Crippen molar-refractivity contribution < 1.29 is 4.79 Å². The van der Waals surface area contributed by atoms with Gasteiger partial charge in [0.1, 0.15) is 5.82 Å². The number of nitrogen functional groups attached to an aromatic ring is 1. The Morgan fingerprint density at radius 2 is 2.22 bits per heavy atom. The molecule has 6 heteroatoms. The maximum atomic E-state index is 12.3. The van der Waals surface area contributed by atoms with Gasteiger partial charge in [-0.1, -0.05) is 11.6 Å². The van der Waals surface area contributed by atoms with Gasteiger partial charge in [0.25, 0.3) is 5.91 Å². The number of pyridine rings is 1. The fraction of sp³-hybridized carbons (Fsp3) is 0.500. The van der Waals surface area contributed by atoms with Crippen LogP contribution in [0, 0.1) is 0 Å². The van der Waals surface area contributed by atoms with Crippen LogP contribution in [-0.4, -0.2) is 40.4 Å². The molecule has 0 atom stereocenters. The molecule has 1 aliphatic heterocycles. The third-order valence-corrected chi connectivity index (χ3v) is 4.61. The molecule has 1 aromatic rings. The van der Waals surface area contributed by atoms with Gasteiger partial charge in [-0.25, -0.2) is 4.98 Å². The summed E-state index contributed by atoms with van der Waals surface area (Å²) in [6.07, 6.45) is 5.61. The summed E-state index contributed by atoms with van der Waals surface area (Å²) in [7, 11) is 0. The summed E-state index contributed by atoms with van der Waals surface area (Å²) in [5, 5.41) is 1.02. The molecule has 0 unspecified atom stereocenters. The van der Waals surface area contributed by atoms with E-state index in [1.807, 2.05) is 16.7 Å². The van der Waals surface area contributed by atoms with Gasteiger partial charge in [-0.15, -0.1) is 0 Å². The van der Waals surface area contributed by atoms with Crippen LogP contribution in [0.4, 0.5) is 5.82 Å². The number of likely N-dealkylation sites (tertiary alicyclic amines) is 1. The van der Waals surface area contributed by atoms with E-state index in [2.05, 4.69) is 11.2 Å². The van der Waals surface area contributed by atoms with Crippen LogP contribution in [0.25, 0.3) is 0 Å². The zero-order chi connectivity index (χ0) is 13.1. The molecule has 0 aromatic carbocycles. The van der Waals surface area contributed by atoms with Gasteiger partial charge in [-0.2, -0.15) is 11.8 Å². The molecular weight excluding hydrogens is 270 g/mol. The number of carbonyl (C=O) groups excluding carboxylic acids is 1. The van der Waals surface area contributed by atoms with Gasteiger partial charge in [0, 0.05) is 24.5 Å². The standard InChI is InChI=1S/C12H16ClN3OS/c1-18-8-2-4-16(5-3-8)12(17)9-6-11(14)15-7-10(9)13/h6-8H,2-5H2,1H3,(H2,14,15). The number of amides is 1. The fourth-order valence-corrected chi connectivity index (χ4v) is 2.95. The zero-order valence-corrected chi connectivity index (χ0v) is 11.8. The minimum atomic E-state index is -0.0475. The number of piperidine rings is 1. The summed E-state index contributed by atoms with van der Waals surface area (Å²) in [5.41, 5.74) is 6.05. The maximum absolute atomic E-state index is 12.3. The molecule has 4 nitrogen and oxygen atoms in total. The number of nitrogens with two attached hydrogens (primary N) is 1. The van der Waals surface area contributed by atoms with Crippen molar-refractivity contribution in [1.29, 1.82) is 0 Å².